The van der Waals surface area contributed by atoms with Gasteiger partial charge in [-0.15, -0.1) is 0 Å². The number of halogens is 5. The van der Waals surface area contributed by atoms with Crippen molar-refractivity contribution in [1.82, 2.24) is 0 Å². The third-order valence-corrected chi connectivity index (χ3v) is 12.5. The lowest BCUT2D eigenvalue weighted by molar-refractivity contribution is -0.284. The molecule has 3 aliphatic carbocycles. The molecule has 1 aromatic rings. The molecule has 0 spiro atoms. The predicted molar refractivity (Wildman–Crippen MR) is 153 cm³/mol. The molecule has 0 bridgehead atoms. The second-order valence-corrected chi connectivity index (χ2v) is 15.8. The maximum Gasteiger partial charge on any atom is 0.453 e. The molecule has 6 atom stereocenters. The molecule has 2 N–H and O–H groups in total. The fraction of sp³-hybridized carbons (Fsp3) is 0.812. The Bertz CT molecular complexity index is 1150. The molecule has 10 heteroatoms. The van der Waals surface area contributed by atoms with Gasteiger partial charge in [0.05, 0.1) is 17.6 Å². The number of hydrogen-bond acceptors (Lipinski definition) is 4. The topological polar surface area (TPSA) is 74.6 Å². The maximum absolute atomic E-state index is 13.0. The second kappa shape index (κ2) is 13.3. The monoisotopic (exact) mass is 622 g/mol. The van der Waals surface area contributed by atoms with E-state index in [1.54, 1.807) is 0 Å². The molecule has 0 saturated heterocycles. The van der Waals surface area contributed by atoms with Crippen LogP contribution in [0.2, 0.25) is 0 Å². The van der Waals surface area contributed by atoms with Gasteiger partial charge in [0.1, 0.15) is 15.6 Å². The summed E-state index contributed by atoms with van der Waals surface area (Å²) < 4.78 is 86.8. The van der Waals surface area contributed by atoms with Crippen molar-refractivity contribution < 1.29 is 40.6 Å². The summed E-state index contributed by atoms with van der Waals surface area (Å²) in [7, 11) is -3.64. The Morgan fingerprint density at radius 2 is 1.55 bits per heavy atom. The minimum atomic E-state index is -5.65. The van der Waals surface area contributed by atoms with Crippen LogP contribution in [0.15, 0.2) is 18.2 Å². The van der Waals surface area contributed by atoms with Gasteiger partial charge < -0.3 is 10.2 Å². The number of benzene rings is 1. The molecule has 4 nitrogen and oxygen atoms in total. The molecule has 0 aliphatic heterocycles. The lowest BCUT2D eigenvalue weighted by Gasteiger charge is -2.53. The van der Waals surface area contributed by atoms with Crippen LogP contribution in [-0.4, -0.2) is 48.3 Å². The van der Waals surface area contributed by atoms with Crippen molar-refractivity contribution in [2.24, 2.45) is 23.2 Å². The Hall–Kier alpha value is -1.42. The molecule has 0 aromatic heterocycles. The zero-order chi connectivity index (χ0) is 30.8. The highest BCUT2D eigenvalue weighted by molar-refractivity contribution is 7.91. The first-order valence-corrected chi connectivity index (χ1v) is 17.6. The number of fused-ring (bicyclic) bond motifs is 5. The molecule has 240 valence electrons. The average Bonchev–Trinajstić information content (AvgIpc) is 3.20. The number of phenols is 1. The Kier molecular flexibility index (Phi) is 10.6. The van der Waals surface area contributed by atoms with Gasteiger partial charge in [0.25, 0.3) is 0 Å². The summed E-state index contributed by atoms with van der Waals surface area (Å²) in [6, 6.07) is 5.86. The summed E-state index contributed by atoms with van der Waals surface area (Å²) in [6.45, 7) is 2.28. The number of aliphatic hydroxyl groups excluding tert-OH is 1. The first-order valence-electron chi connectivity index (χ1n) is 15.8. The number of phenolic OH excluding ortho intramolecular Hbond substituents is 1. The molecule has 0 heterocycles. The summed E-state index contributed by atoms with van der Waals surface area (Å²) in [4.78, 5) is 0. The standard InChI is InChI=1S/C32H47F5O4S/c1-30-17-15-26-25-12-11-24(38)21-23(25)20-22(29(26)27(30)13-14-28(30)39)10-7-5-3-2-4-6-8-18-42(40,41)19-9-16-31(33,34)32(35,36)37/h11-12,21-22,26-29,38-39H,2-10,13-20H2,1H3/t22?,26?,27?,28?,29?,30-/m0/s1. The summed E-state index contributed by atoms with van der Waals surface area (Å²) in [5.74, 6) is -3.27. The molecule has 0 amide bonds. The number of aliphatic hydroxyl groups is 1. The first kappa shape index (κ1) is 33.5. The third kappa shape index (κ3) is 7.62. The van der Waals surface area contributed by atoms with Gasteiger partial charge in [0.15, 0.2) is 0 Å². The smallest absolute Gasteiger partial charge is 0.453 e. The second-order valence-electron chi connectivity index (χ2n) is 13.5. The van der Waals surface area contributed by atoms with Crippen LogP contribution in [0.5, 0.6) is 5.75 Å². The molecule has 1 aromatic carbocycles. The van der Waals surface area contributed by atoms with E-state index in [2.05, 4.69) is 13.0 Å². The average molecular weight is 623 g/mol. The minimum absolute atomic E-state index is 0.00450. The Balaban J connectivity index is 1.17. The van der Waals surface area contributed by atoms with Crippen molar-refractivity contribution in [3.63, 3.8) is 0 Å². The quantitative estimate of drug-likeness (QED) is 0.162. The van der Waals surface area contributed by atoms with E-state index in [0.717, 1.165) is 70.6 Å². The van der Waals surface area contributed by atoms with E-state index < -0.39 is 40.5 Å². The fourth-order valence-corrected chi connectivity index (χ4v) is 9.83. The third-order valence-electron chi connectivity index (χ3n) is 10.7. The van der Waals surface area contributed by atoms with Crippen molar-refractivity contribution in [2.45, 2.75) is 127 Å². The molecule has 0 radical (unpaired) electrons. The lowest BCUT2D eigenvalue weighted by atomic mass is 9.52. The van der Waals surface area contributed by atoms with E-state index in [-0.39, 0.29) is 17.3 Å². The molecule has 3 aliphatic rings. The van der Waals surface area contributed by atoms with Crippen molar-refractivity contribution >= 4 is 9.84 Å². The van der Waals surface area contributed by atoms with Gasteiger partial charge >= 0.3 is 12.1 Å². The highest BCUT2D eigenvalue weighted by Gasteiger charge is 2.57. The number of hydrogen-bond donors (Lipinski definition) is 2. The molecule has 2 fully saturated rings. The summed E-state index contributed by atoms with van der Waals surface area (Å²) in [5, 5.41) is 21.0. The van der Waals surface area contributed by atoms with Crippen molar-refractivity contribution in [3.05, 3.63) is 29.3 Å². The van der Waals surface area contributed by atoms with Gasteiger partial charge in [0, 0.05) is 6.42 Å². The van der Waals surface area contributed by atoms with E-state index in [0.29, 0.717) is 42.3 Å². The predicted octanol–water partition coefficient (Wildman–Crippen LogP) is 8.35. The normalized spacial score (nSPS) is 29.6. The largest absolute Gasteiger partial charge is 0.508 e. The summed E-state index contributed by atoms with van der Waals surface area (Å²) >= 11 is 0. The van der Waals surface area contributed by atoms with Gasteiger partial charge in [0.2, 0.25) is 0 Å². The van der Waals surface area contributed by atoms with Crippen LogP contribution >= 0.6 is 0 Å². The number of unbranched alkanes of at least 4 members (excludes halogenated alkanes) is 6. The first-order chi connectivity index (χ1) is 19.6. The lowest BCUT2D eigenvalue weighted by Crippen LogP contribution is -2.47. The zero-order valence-corrected chi connectivity index (χ0v) is 25.5. The molecule has 42 heavy (non-hydrogen) atoms. The van der Waals surface area contributed by atoms with Gasteiger partial charge in [-0.1, -0.05) is 51.5 Å². The van der Waals surface area contributed by atoms with Gasteiger partial charge in [-0.3, -0.25) is 0 Å². The molecular formula is C32H47F5O4S. The number of rotatable bonds is 14. The molecular weight excluding hydrogens is 575 g/mol. The fourth-order valence-electron chi connectivity index (χ4n) is 8.40. The van der Waals surface area contributed by atoms with Gasteiger partial charge in [-0.2, -0.15) is 22.0 Å². The molecule has 2 saturated carbocycles. The minimum Gasteiger partial charge on any atom is -0.508 e. The van der Waals surface area contributed by atoms with E-state index in [1.165, 1.54) is 11.1 Å². The maximum atomic E-state index is 13.0. The van der Waals surface area contributed by atoms with Crippen LogP contribution in [-0.2, 0) is 16.3 Å². The Morgan fingerprint density at radius 1 is 0.905 bits per heavy atom. The van der Waals surface area contributed by atoms with Gasteiger partial charge in [-0.05, 0) is 104 Å². The highest BCUT2D eigenvalue weighted by Crippen LogP contribution is 2.62. The Morgan fingerprint density at radius 3 is 2.24 bits per heavy atom. The van der Waals surface area contributed by atoms with E-state index >= 15 is 0 Å². The molecule has 5 unspecified atom stereocenters. The van der Waals surface area contributed by atoms with Crippen molar-refractivity contribution in [3.8, 4) is 5.75 Å². The highest BCUT2D eigenvalue weighted by atomic mass is 32.2. The van der Waals surface area contributed by atoms with E-state index in [9.17, 15) is 40.6 Å². The van der Waals surface area contributed by atoms with Gasteiger partial charge in [-0.25, -0.2) is 8.42 Å². The van der Waals surface area contributed by atoms with Crippen LogP contribution in [0.25, 0.3) is 0 Å². The van der Waals surface area contributed by atoms with Crippen molar-refractivity contribution in [1.29, 1.82) is 0 Å². The SMILES string of the molecule is C[C@]12CCC3c4ccc(O)cc4CC(CCCCCCCCCS(=O)(=O)CCCC(F)(F)C(F)(F)F)C3C1CCC2O. The van der Waals surface area contributed by atoms with Crippen LogP contribution in [0.3, 0.4) is 0 Å². The summed E-state index contributed by atoms with van der Waals surface area (Å²) in [5.41, 5.74) is 2.65. The van der Waals surface area contributed by atoms with Crippen molar-refractivity contribution in [2.75, 3.05) is 11.5 Å². The summed E-state index contributed by atoms with van der Waals surface area (Å²) in [6.07, 6.45) is 4.22. The number of alkyl halides is 5. The van der Waals surface area contributed by atoms with Crippen LogP contribution in [0.1, 0.15) is 114 Å². The van der Waals surface area contributed by atoms with Crippen LogP contribution < -0.4 is 0 Å². The number of sulfone groups is 1. The van der Waals surface area contributed by atoms with Crippen LogP contribution in [0, 0.1) is 23.2 Å². The van der Waals surface area contributed by atoms with E-state index in [1.807, 2.05) is 12.1 Å². The van der Waals surface area contributed by atoms with Crippen LogP contribution in [0.4, 0.5) is 22.0 Å². The number of aromatic hydroxyl groups is 1. The van der Waals surface area contributed by atoms with E-state index in [4.69, 9.17) is 0 Å². The molecule has 4 rings (SSSR count). The Labute approximate surface area is 247 Å². The zero-order valence-electron chi connectivity index (χ0n) is 24.6.